The van der Waals surface area contributed by atoms with Crippen LogP contribution in [0, 0.1) is 0 Å². The van der Waals surface area contributed by atoms with Crippen LogP contribution in [-0.4, -0.2) is 56.5 Å². The topological polar surface area (TPSA) is 77.5 Å². The van der Waals surface area contributed by atoms with Crippen LogP contribution in [-0.2, 0) is 4.79 Å². The number of methoxy groups -OCH3 is 3. The van der Waals surface area contributed by atoms with Gasteiger partial charge in [-0.2, -0.15) is 0 Å². The van der Waals surface area contributed by atoms with E-state index in [1.807, 2.05) is 48.2 Å². The zero-order chi connectivity index (χ0) is 22.4. The monoisotopic (exact) mass is 429 g/mol. The molecule has 3 rings (SSSR count). The van der Waals surface area contributed by atoms with Crippen LogP contribution in [0.1, 0.15) is 43.4 Å². The van der Waals surface area contributed by atoms with Crippen LogP contribution in [0.2, 0.25) is 0 Å². The van der Waals surface area contributed by atoms with Crippen molar-refractivity contribution < 1.29 is 28.8 Å². The van der Waals surface area contributed by atoms with Crippen LogP contribution in [0.4, 0.5) is 0 Å². The predicted octanol–water partition coefficient (Wildman–Crippen LogP) is 4.14. The van der Waals surface area contributed by atoms with Crippen LogP contribution < -0.4 is 18.9 Å². The third kappa shape index (κ3) is 4.71. The Hall–Kier alpha value is -2.93. The molecule has 1 aliphatic rings. The second kappa shape index (κ2) is 10.4. The lowest BCUT2D eigenvalue weighted by Crippen LogP contribution is -2.47. The first-order valence-electron chi connectivity index (χ1n) is 10.6. The maximum absolute atomic E-state index is 12.2. The molecular weight excluding hydrogens is 398 g/mol. The van der Waals surface area contributed by atoms with Crippen LogP contribution in [0.3, 0.4) is 0 Å². The molecule has 1 heterocycles. The first-order valence-corrected chi connectivity index (χ1v) is 10.6. The SMILES string of the molecule is CCOc1ccc(C(c2c(OC)cccc2OC)N2CCCCC2C(=O)O)cc1OC. The van der Waals surface area contributed by atoms with Gasteiger partial charge in [0.2, 0.25) is 0 Å². The van der Waals surface area contributed by atoms with E-state index in [9.17, 15) is 9.90 Å². The van der Waals surface area contributed by atoms with Gasteiger partial charge in [-0.3, -0.25) is 9.69 Å². The van der Waals surface area contributed by atoms with Gasteiger partial charge in [0, 0.05) is 0 Å². The number of piperidine rings is 1. The standard InChI is InChI=1S/C24H31NO6/c1-5-31-18-13-12-16(15-21(18)30-4)23(25-14-7-6-9-17(25)24(26)27)22-19(28-2)10-8-11-20(22)29-3/h8,10-13,15,17,23H,5-7,9,14H2,1-4H3,(H,26,27). The average Bonchev–Trinajstić information content (AvgIpc) is 2.80. The van der Waals surface area contributed by atoms with Gasteiger partial charge in [-0.25, -0.2) is 0 Å². The largest absolute Gasteiger partial charge is 0.496 e. The lowest BCUT2D eigenvalue weighted by molar-refractivity contribution is -0.145. The number of hydrogen-bond donors (Lipinski definition) is 1. The molecule has 7 heteroatoms. The molecule has 0 aliphatic carbocycles. The number of hydrogen-bond acceptors (Lipinski definition) is 6. The fourth-order valence-corrected chi connectivity index (χ4v) is 4.33. The molecule has 1 saturated heterocycles. The van der Waals surface area contributed by atoms with E-state index in [1.54, 1.807) is 21.3 Å². The van der Waals surface area contributed by atoms with Gasteiger partial charge in [0.05, 0.1) is 39.5 Å². The molecule has 0 saturated carbocycles. The summed E-state index contributed by atoms with van der Waals surface area (Å²) in [7, 11) is 4.82. The van der Waals surface area contributed by atoms with Crippen molar-refractivity contribution in [1.29, 1.82) is 0 Å². The van der Waals surface area contributed by atoms with Crippen molar-refractivity contribution in [3.63, 3.8) is 0 Å². The van der Waals surface area contributed by atoms with E-state index < -0.39 is 18.1 Å². The highest BCUT2D eigenvalue weighted by molar-refractivity contribution is 5.74. The minimum atomic E-state index is -0.823. The molecule has 0 bridgehead atoms. The zero-order valence-electron chi connectivity index (χ0n) is 18.6. The third-order valence-electron chi connectivity index (χ3n) is 5.70. The minimum absolute atomic E-state index is 0.392. The summed E-state index contributed by atoms with van der Waals surface area (Å²) in [6, 6.07) is 10.3. The Bertz CT molecular complexity index is 877. The Morgan fingerprint density at radius 2 is 1.71 bits per heavy atom. The average molecular weight is 430 g/mol. The molecule has 1 aliphatic heterocycles. The molecule has 1 fully saturated rings. The maximum atomic E-state index is 12.2. The van der Waals surface area contributed by atoms with Crippen molar-refractivity contribution in [3.05, 3.63) is 47.5 Å². The normalized spacial score (nSPS) is 17.6. The Balaban J connectivity index is 2.22. The molecule has 1 N–H and O–H groups in total. The second-order valence-electron chi connectivity index (χ2n) is 7.41. The van der Waals surface area contributed by atoms with Gasteiger partial charge >= 0.3 is 5.97 Å². The van der Waals surface area contributed by atoms with Crippen molar-refractivity contribution in [2.24, 2.45) is 0 Å². The summed E-state index contributed by atoms with van der Waals surface area (Å²) in [5.74, 6) is 1.71. The molecule has 0 aromatic heterocycles. The molecule has 31 heavy (non-hydrogen) atoms. The van der Waals surface area contributed by atoms with Gasteiger partial charge in [0.1, 0.15) is 17.5 Å². The number of benzene rings is 2. The van der Waals surface area contributed by atoms with Gasteiger partial charge in [-0.15, -0.1) is 0 Å². The first-order chi connectivity index (χ1) is 15.0. The number of likely N-dealkylation sites (tertiary alicyclic amines) is 1. The predicted molar refractivity (Wildman–Crippen MR) is 118 cm³/mol. The summed E-state index contributed by atoms with van der Waals surface area (Å²) >= 11 is 0. The second-order valence-corrected chi connectivity index (χ2v) is 7.41. The Morgan fingerprint density at radius 3 is 2.29 bits per heavy atom. The fourth-order valence-electron chi connectivity index (χ4n) is 4.33. The van der Waals surface area contributed by atoms with Gasteiger partial charge in [-0.05, 0) is 56.1 Å². The van der Waals surface area contributed by atoms with E-state index in [2.05, 4.69) is 0 Å². The molecule has 0 radical (unpaired) electrons. The number of rotatable bonds is 9. The van der Waals surface area contributed by atoms with Crippen molar-refractivity contribution in [1.82, 2.24) is 4.90 Å². The molecular formula is C24H31NO6. The zero-order valence-corrected chi connectivity index (χ0v) is 18.6. The third-order valence-corrected chi connectivity index (χ3v) is 5.70. The van der Waals surface area contributed by atoms with E-state index in [4.69, 9.17) is 18.9 Å². The minimum Gasteiger partial charge on any atom is -0.496 e. The molecule has 2 aromatic rings. The van der Waals surface area contributed by atoms with E-state index in [0.717, 1.165) is 24.0 Å². The molecule has 2 unspecified atom stereocenters. The summed E-state index contributed by atoms with van der Waals surface area (Å²) in [6.45, 7) is 3.09. The fraction of sp³-hybridized carbons (Fsp3) is 0.458. The van der Waals surface area contributed by atoms with Crippen LogP contribution in [0.25, 0.3) is 0 Å². The van der Waals surface area contributed by atoms with Crippen LogP contribution in [0.5, 0.6) is 23.0 Å². The number of nitrogens with zero attached hydrogens (tertiary/aromatic N) is 1. The van der Waals surface area contributed by atoms with Crippen molar-refractivity contribution in [2.45, 2.75) is 38.3 Å². The highest BCUT2D eigenvalue weighted by atomic mass is 16.5. The molecule has 0 amide bonds. The summed E-state index contributed by atoms with van der Waals surface area (Å²) in [5, 5.41) is 9.97. The molecule has 0 spiro atoms. The summed E-state index contributed by atoms with van der Waals surface area (Å²) in [4.78, 5) is 14.2. The number of aliphatic carboxylic acids is 1. The van der Waals surface area contributed by atoms with Crippen molar-refractivity contribution >= 4 is 5.97 Å². The van der Waals surface area contributed by atoms with E-state index in [0.29, 0.717) is 42.6 Å². The lowest BCUT2D eigenvalue weighted by Gasteiger charge is -2.40. The Kier molecular flexibility index (Phi) is 7.63. The molecule has 2 atom stereocenters. The van der Waals surface area contributed by atoms with Crippen molar-refractivity contribution in [2.75, 3.05) is 34.5 Å². The summed E-state index contributed by atoms with van der Waals surface area (Å²) < 4.78 is 22.6. The van der Waals surface area contributed by atoms with Gasteiger partial charge in [-0.1, -0.05) is 18.6 Å². The summed E-state index contributed by atoms with van der Waals surface area (Å²) in [5.41, 5.74) is 1.68. The number of carbonyl (C=O) groups is 1. The van der Waals surface area contributed by atoms with Crippen LogP contribution >= 0.6 is 0 Å². The smallest absolute Gasteiger partial charge is 0.320 e. The summed E-state index contributed by atoms with van der Waals surface area (Å²) in [6.07, 6.45) is 2.40. The molecule has 168 valence electrons. The lowest BCUT2D eigenvalue weighted by atomic mass is 9.90. The highest BCUT2D eigenvalue weighted by Crippen LogP contribution is 2.44. The molecule has 2 aromatic carbocycles. The van der Waals surface area contributed by atoms with Crippen LogP contribution in [0.15, 0.2) is 36.4 Å². The quantitative estimate of drug-likeness (QED) is 0.642. The van der Waals surface area contributed by atoms with Crippen molar-refractivity contribution in [3.8, 4) is 23.0 Å². The molecule has 7 nitrogen and oxygen atoms in total. The van der Waals surface area contributed by atoms with Gasteiger partial charge in [0.15, 0.2) is 11.5 Å². The maximum Gasteiger partial charge on any atom is 0.320 e. The number of ether oxygens (including phenoxy) is 4. The number of carboxylic acid groups (broad SMARTS) is 1. The van der Waals surface area contributed by atoms with E-state index in [-0.39, 0.29) is 0 Å². The van der Waals surface area contributed by atoms with Gasteiger partial charge < -0.3 is 24.1 Å². The first kappa shape index (κ1) is 22.7. The highest BCUT2D eigenvalue weighted by Gasteiger charge is 2.38. The number of carboxylic acids is 1. The Morgan fingerprint density at radius 1 is 1.03 bits per heavy atom. The van der Waals surface area contributed by atoms with Gasteiger partial charge in [0.25, 0.3) is 0 Å². The van der Waals surface area contributed by atoms with E-state index >= 15 is 0 Å². The van der Waals surface area contributed by atoms with E-state index in [1.165, 1.54) is 0 Å². The Labute approximate surface area is 183 Å².